The Labute approximate surface area is 122 Å². The van der Waals surface area contributed by atoms with Crippen molar-refractivity contribution in [2.75, 3.05) is 5.75 Å². The van der Waals surface area contributed by atoms with E-state index in [4.69, 9.17) is 4.74 Å². The molecule has 0 unspecified atom stereocenters. The van der Waals surface area contributed by atoms with Crippen LogP contribution in [0.25, 0.3) is 0 Å². The lowest BCUT2D eigenvalue weighted by Gasteiger charge is -2.12. The molecule has 0 aliphatic heterocycles. The van der Waals surface area contributed by atoms with Gasteiger partial charge in [-0.2, -0.15) is 0 Å². The van der Waals surface area contributed by atoms with Crippen LogP contribution in [0.1, 0.15) is 22.8 Å². The molecule has 0 saturated carbocycles. The summed E-state index contributed by atoms with van der Waals surface area (Å²) in [6.07, 6.45) is 0. The van der Waals surface area contributed by atoms with E-state index in [-0.39, 0.29) is 5.56 Å². The molecular weight excluding hydrogens is 272 g/mol. The molecule has 0 amide bonds. The number of aryl methyl sites for hydroxylation is 1. The fourth-order valence-electron chi connectivity index (χ4n) is 1.82. The molecule has 0 aliphatic rings. The molecule has 104 valence electrons. The average Bonchev–Trinajstić information content (AvgIpc) is 2.41. The number of benzene rings is 2. The van der Waals surface area contributed by atoms with E-state index in [1.54, 1.807) is 12.1 Å². The highest BCUT2D eigenvalue weighted by molar-refractivity contribution is 7.99. The van der Waals surface area contributed by atoms with Gasteiger partial charge in [-0.25, -0.2) is 4.79 Å². The number of hydrogen-bond donors (Lipinski definition) is 1. The van der Waals surface area contributed by atoms with Crippen molar-refractivity contribution in [2.24, 2.45) is 0 Å². The van der Waals surface area contributed by atoms with E-state index < -0.39 is 5.97 Å². The Balaban J connectivity index is 2.37. The molecule has 0 spiro atoms. The maximum atomic E-state index is 11.5. The molecule has 0 atom stereocenters. The second-order valence-electron chi connectivity index (χ2n) is 4.28. The Hall–Kier alpha value is -1.94. The van der Waals surface area contributed by atoms with Crippen LogP contribution in [0, 0.1) is 6.92 Å². The van der Waals surface area contributed by atoms with E-state index in [0.717, 1.165) is 16.2 Å². The number of aromatic carboxylic acids is 1. The zero-order valence-electron chi connectivity index (χ0n) is 11.4. The quantitative estimate of drug-likeness (QED) is 0.817. The Morgan fingerprint density at radius 2 is 1.90 bits per heavy atom. The third kappa shape index (κ3) is 3.33. The Kier molecular flexibility index (Phi) is 4.69. The molecule has 0 heterocycles. The molecule has 0 radical (unpaired) electrons. The van der Waals surface area contributed by atoms with E-state index in [1.807, 2.05) is 44.2 Å². The first kappa shape index (κ1) is 14.5. The van der Waals surface area contributed by atoms with E-state index in [2.05, 4.69) is 0 Å². The molecule has 3 nitrogen and oxygen atoms in total. The molecule has 0 saturated heterocycles. The lowest BCUT2D eigenvalue weighted by Crippen LogP contribution is -2.02. The van der Waals surface area contributed by atoms with Crippen molar-refractivity contribution in [3.05, 3.63) is 53.6 Å². The fraction of sp³-hybridized carbons (Fsp3) is 0.188. The minimum atomic E-state index is -0.969. The van der Waals surface area contributed by atoms with E-state index in [9.17, 15) is 9.90 Å². The van der Waals surface area contributed by atoms with Crippen molar-refractivity contribution in [1.82, 2.24) is 0 Å². The number of ether oxygens (including phenoxy) is 1. The standard InChI is InChI=1S/C16H16O3S/c1-3-20-14-6-4-5-13(15(14)16(17)18)19-12-9-7-11(2)8-10-12/h4-10H,3H2,1-2H3,(H,17,18). The molecular formula is C16H16O3S. The van der Waals surface area contributed by atoms with Gasteiger partial charge in [0.1, 0.15) is 17.1 Å². The normalized spacial score (nSPS) is 10.3. The lowest BCUT2D eigenvalue weighted by molar-refractivity contribution is 0.0690. The van der Waals surface area contributed by atoms with E-state index >= 15 is 0 Å². The van der Waals surface area contributed by atoms with Gasteiger partial charge in [0.05, 0.1) is 0 Å². The summed E-state index contributed by atoms with van der Waals surface area (Å²) in [4.78, 5) is 12.2. The molecule has 2 aromatic rings. The van der Waals surface area contributed by atoms with Crippen LogP contribution in [-0.2, 0) is 0 Å². The summed E-state index contributed by atoms with van der Waals surface area (Å²) in [7, 11) is 0. The van der Waals surface area contributed by atoms with Gasteiger partial charge >= 0.3 is 5.97 Å². The maximum Gasteiger partial charge on any atom is 0.340 e. The predicted molar refractivity (Wildman–Crippen MR) is 81.1 cm³/mol. The zero-order chi connectivity index (χ0) is 14.5. The van der Waals surface area contributed by atoms with Crippen molar-refractivity contribution < 1.29 is 14.6 Å². The predicted octanol–water partition coefficient (Wildman–Crippen LogP) is 4.60. The average molecular weight is 288 g/mol. The second kappa shape index (κ2) is 6.48. The first-order chi connectivity index (χ1) is 9.61. The fourth-order valence-corrected chi connectivity index (χ4v) is 2.63. The summed E-state index contributed by atoms with van der Waals surface area (Å²) in [6.45, 7) is 3.98. The van der Waals surface area contributed by atoms with Crippen molar-refractivity contribution >= 4 is 17.7 Å². The van der Waals surface area contributed by atoms with Crippen LogP contribution in [0.5, 0.6) is 11.5 Å². The van der Waals surface area contributed by atoms with Crippen LogP contribution in [0.2, 0.25) is 0 Å². The van der Waals surface area contributed by atoms with Crippen molar-refractivity contribution in [2.45, 2.75) is 18.7 Å². The zero-order valence-corrected chi connectivity index (χ0v) is 12.2. The summed E-state index contributed by atoms with van der Waals surface area (Å²) in [6, 6.07) is 12.8. The van der Waals surface area contributed by atoms with E-state index in [1.165, 1.54) is 11.8 Å². The van der Waals surface area contributed by atoms with Gasteiger partial charge in [-0.3, -0.25) is 0 Å². The summed E-state index contributed by atoms with van der Waals surface area (Å²) in [5.74, 6) is 0.856. The van der Waals surface area contributed by atoms with Crippen molar-refractivity contribution in [1.29, 1.82) is 0 Å². The third-order valence-corrected chi connectivity index (χ3v) is 3.69. The smallest absolute Gasteiger partial charge is 0.340 e. The van der Waals surface area contributed by atoms with Gasteiger partial charge in [-0.05, 0) is 36.9 Å². The van der Waals surface area contributed by atoms with Crippen LogP contribution in [0.15, 0.2) is 47.4 Å². The van der Waals surface area contributed by atoms with Gasteiger partial charge in [0.15, 0.2) is 0 Å². The Morgan fingerprint density at radius 1 is 1.20 bits per heavy atom. The van der Waals surface area contributed by atoms with Gasteiger partial charge in [0.25, 0.3) is 0 Å². The minimum Gasteiger partial charge on any atom is -0.478 e. The molecule has 0 bridgehead atoms. The number of carboxylic acids is 1. The maximum absolute atomic E-state index is 11.5. The van der Waals surface area contributed by atoms with Crippen molar-refractivity contribution in [3.8, 4) is 11.5 Å². The highest BCUT2D eigenvalue weighted by Gasteiger charge is 2.17. The van der Waals surface area contributed by atoms with Crippen molar-refractivity contribution in [3.63, 3.8) is 0 Å². The van der Waals surface area contributed by atoms with Gasteiger partial charge in [0, 0.05) is 4.90 Å². The Bertz CT molecular complexity index is 606. The second-order valence-corrected chi connectivity index (χ2v) is 5.59. The monoisotopic (exact) mass is 288 g/mol. The highest BCUT2D eigenvalue weighted by atomic mass is 32.2. The summed E-state index contributed by atoms with van der Waals surface area (Å²) < 4.78 is 5.72. The molecule has 1 N–H and O–H groups in total. The molecule has 4 heteroatoms. The first-order valence-electron chi connectivity index (χ1n) is 6.35. The number of carbonyl (C=O) groups is 1. The summed E-state index contributed by atoms with van der Waals surface area (Å²) in [5, 5.41) is 9.40. The molecule has 2 rings (SSSR count). The topological polar surface area (TPSA) is 46.5 Å². The Morgan fingerprint density at radius 3 is 2.50 bits per heavy atom. The van der Waals surface area contributed by atoms with Crippen LogP contribution < -0.4 is 4.74 Å². The SMILES string of the molecule is CCSc1cccc(Oc2ccc(C)cc2)c1C(=O)O. The molecule has 2 aromatic carbocycles. The molecule has 0 aromatic heterocycles. The number of hydrogen-bond acceptors (Lipinski definition) is 3. The van der Waals surface area contributed by atoms with Crippen LogP contribution in [0.4, 0.5) is 0 Å². The van der Waals surface area contributed by atoms with Gasteiger partial charge in [-0.1, -0.05) is 30.7 Å². The van der Waals surface area contributed by atoms with Gasteiger partial charge in [-0.15, -0.1) is 11.8 Å². The molecule has 0 fully saturated rings. The van der Waals surface area contributed by atoms with Crippen LogP contribution >= 0.6 is 11.8 Å². The first-order valence-corrected chi connectivity index (χ1v) is 7.34. The number of carboxylic acid groups (broad SMARTS) is 1. The summed E-state index contributed by atoms with van der Waals surface area (Å²) >= 11 is 1.50. The van der Waals surface area contributed by atoms with E-state index in [0.29, 0.717) is 11.5 Å². The third-order valence-electron chi connectivity index (χ3n) is 2.75. The molecule has 20 heavy (non-hydrogen) atoms. The number of rotatable bonds is 5. The van der Waals surface area contributed by atoms with Gasteiger partial charge in [0.2, 0.25) is 0 Å². The molecule has 0 aliphatic carbocycles. The largest absolute Gasteiger partial charge is 0.478 e. The van der Waals surface area contributed by atoms with Crippen LogP contribution in [0.3, 0.4) is 0 Å². The summed E-state index contributed by atoms with van der Waals surface area (Å²) in [5.41, 5.74) is 1.35. The van der Waals surface area contributed by atoms with Gasteiger partial charge < -0.3 is 9.84 Å². The number of thioether (sulfide) groups is 1. The van der Waals surface area contributed by atoms with Crippen LogP contribution in [-0.4, -0.2) is 16.8 Å². The lowest BCUT2D eigenvalue weighted by atomic mass is 10.2. The minimum absolute atomic E-state index is 0.222. The highest BCUT2D eigenvalue weighted by Crippen LogP contribution is 2.33.